The van der Waals surface area contributed by atoms with Gasteiger partial charge in [0.2, 0.25) is 11.8 Å². The second-order valence-corrected chi connectivity index (χ2v) is 15.3. The van der Waals surface area contributed by atoms with Crippen LogP contribution in [0, 0.1) is 0 Å². The molecule has 3 aliphatic rings. The lowest BCUT2D eigenvalue weighted by Crippen LogP contribution is -2.45. The van der Waals surface area contributed by atoms with Crippen molar-refractivity contribution in [3.63, 3.8) is 0 Å². The van der Waals surface area contributed by atoms with E-state index in [0.717, 1.165) is 0 Å². The summed E-state index contributed by atoms with van der Waals surface area (Å²) in [6.07, 6.45) is -2.39. The summed E-state index contributed by atoms with van der Waals surface area (Å²) in [5.41, 5.74) is -1.45. The summed E-state index contributed by atoms with van der Waals surface area (Å²) in [7, 11) is 0. The zero-order chi connectivity index (χ0) is 49.1. The van der Waals surface area contributed by atoms with E-state index < -0.39 is 121 Å². The van der Waals surface area contributed by atoms with Gasteiger partial charge in [0.15, 0.2) is 0 Å². The Bertz CT molecular complexity index is 1740. The first-order valence-electron chi connectivity index (χ1n) is 19.1. The molecule has 0 aromatic carbocycles. The number of carbonyl (C=O) groups is 14. The Morgan fingerprint density at radius 2 is 0.797 bits per heavy atom. The Hall–Kier alpha value is -7.26. The Morgan fingerprint density at radius 3 is 1.05 bits per heavy atom. The van der Waals surface area contributed by atoms with Crippen molar-refractivity contribution in [1.29, 1.82) is 0 Å². The molecular weight excluding hydrogens is 866 g/mol. The van der Waals surface area contributed by atoms with Gasteiger partial charge in [-0.15, -0.1) is 10.1 Å². The van der Waals surface area contributed by atoms with Crippen LogP contribution in [0.25, 0.3) is 0 Å². The van der Waals surface area contributed by atoms with Gasteiger partial charge >= 0.3 is 36.1 Å². The van der Waals surface area contributed by atoms with Crippen LogP contribution in [0.5, 0.6) is 0 Å². The molecule has 0 saturated carbocycles. The summed E-state index contributed by atoms with van der Waals surface area (Å²) < 4.78 is 9.98. The number of nitrogens with one attached hydrogen (secondary N) is 2. The van der Waals surface area contributed by atoms with Crippen LogP contribution < -0.4 is 10.6 Å². The van der Waals surface area contributed by atoms with Gasteiger partial charge in [-0.25, -0.2) is 19.2 Å². The highest BCUT2D eigenvalue weighted by Gasteiger charge is 2.36. The molecular formula is C36H51N7O21. The Balaban J connectivity index is 0.000000592. The van der Waals surface area contributed by atoms with Crippen LogP contribution in [0.4, 0.5) is 9.59 Å². The van der Waals surface area contributed by atoms with Crippen LogP contribution in [0.3, 0.4) is 0 Å². The van der Waals surface area contributed by atoms with Crippen molar-refractivity contribution in [2.75, 3.05) is 39.3 Å². The van der Waals surface area contributed by atoms with E-state index in [9.17, 15) is 67.1 Å². The number of nitrogens with zero attached hydrogens (tertiary/aromatic N) is 5. The van der Waals surface area contributed by atoms with Gasteiger partial charge in [0.1, 0.15) is 37.4 Å². The molecule has 3 fully saturated rings. The van der Waals surface area contributed by atoms with Crippen molar-refractivity contribution >= 4 is 83.3 Å². The lowest BCUT2D eigenvalue weighted by Gasteiger charge is -2.23. The van der Waals surface area contributed by atoms with Crippen molar-refractivity contribution in [2.24, 2.45) is 0 Å². The van der Waals surface area contributed by atoms with Gasteiger partial charge in [0, 0.05) is 64.5 Å². The Labute approximate surface area is 363 Å². The molecule has 10 amide bonds. The molecule has 0 aromatic rings. The number of amides is 10. The maximum absolute atomic E-state index is 12.6. The number of aliphatic carboxylic acids is 2. The van der Waals surface area contributed by atoms with Crippen molar-refractivity contribution in [1.82, 2.24) is 35.6 Å². The van der Waals surface area contributed by atoms with Gasteiger partial charge in [-0.05, 0) is 41.5 Å². The molecule has 28 nitrogen and oxygen atoms in total. The molecule has 3 aliphatic heterocycles. The quantitative estimate of drug-likeness (QED) is 0.0857. The molecule has 0 atom stereocenters. The highest BCUT2D eigenvalue weighted by atomic mass is 16.7. The first kappa shape index (κ1) is 54.8. The van der Waals surface area contributed by atoms with E-state index in [4.69, 9.17) is 34.6 Å². The summed E-state index contributed by atoms with van der Waals surface area (Å²) in [5.74, 6) is -10.5. The maximum Gasteiger partial charge on any atom is 0.407 e. The SMILES string of the molecule is CC(C)(C)OC(=O)NCCC(=O)N(CC(=O)O)CC(=O)O.CC(C)(C)OC(=O)NCCC(=O)N(CC(=O)ON1C(=O)CCC1=O)CC(=O)ON1C(=O)CCC1=O.O=C1CCC(=O)N1O. The summed E-state index contributed by atoms with van der Waals surface area (Å²) in [6.45, 7) is 6.49. The van der Waals surface area contributed by atoms with E-state index in [2.05, 4.69) is 10.6 Å². The molecule has 356 valence electrons. The molecule has 0 radical (unpaired) electrons. The van der Waals surface area contributed by atoms with Crippen molar-refractivity contribution < 1.29 is 102 Å². The van der Waals surface area contributed by atoms with Gasteiger partial charge in [-0.3, -0.25) is 53.2 Å². The number of ether oxygens (including phenoxy) is 2. The Kier molecular flexibility index (Phi) is 21.4. The maximum atomic E-state index is 12.6. The molecule has 0 bridgehead atoms. The minimum atomic E-state index is -1.32. The highest BCUT2D eigenvalue weighted by Crippen LogP contribution is 2.15. The topological polar surface area (TPSA) is 377 Å². The third-order valence-corrected chi connectivity index (χ3v) is 7.43. The van der Waals surface area contributed by atoms with Crippen LogP contribution in [0.15, 0.2) is 0 Å². The predicted molar refractivity (Wildman–Crippen MR) is 203 cm³/mol. The third-order valence-electron chi connectivity index (χ3n) is 7.43. The second kappa shape index (κ2) is 25.0. The number of alkyl carbamates (subject to hydrolysis) is 2. The molecule has 28 heteroatoms. The largest absolute Gasteiger partial charge is 0.480 e. The van der Waals surface area contributed by atoms with Crippen LogP contribution in [0.1, 0.15) is 92.9 Å². The third kappa shape index (κ3) is 21.5. The minimum Gasteiger partial charge on any atom is -0.480 e. The van der Waals surface area contributed by atoms with Crippen LogP contribution in [-0.4, -0.2) is 174 Å². The smallest absolute Gasteiger partial charge is 0.407 e. The molecule has 3 heterocycles. The predicted octanol–water partition coefficient (Wildman–Crippen LogP) is -1.63. The number of imide groups is 3. The monoisotopic (exact) mass is 917 g/mol. The van der Waals surface area contributed by atoms with Crippen molar-refractivity contribution in [3.8, 4) is 0 Å². The van der Waals surface area contributed by atoms with Gasteiger partial charge in [0.25, 0.3) is 35.4 Å². The fourth-order valence-corrected chi connectivity index (χ4v) is 4.73. The lowest BCUT2D eigenvalue weighted by atomic mass is 10.2. The molecule has 5 N–H and O–H groups in total. The molecule has 0 spiro atoms. The number of rotatable bonds is 16. The number of hydrogen-bond acceptors (Lipinski definition) is 19. The standard InChI is InChI=1S/C20H26N4O11.C12H20N2O7.C4H5NO3/c1-20(2,3)33-19(32)21-9-8-12(25)22(10-17(30)34-23-13(26)4-5-14(23)27)11-18(31)35-24-15(28)6-7-16(24)29;1-12(2,3)21-11(20)13-5-4-8(15)14(6-9(16)17)7-10(18)19;6-3-1-2-4(7)5(3)8/h4-11H2,1-3H3,(H,21,32);4-7H2,1-3H3,(H,13,20)(H,16,17)(H,18,19);8H,1-2H2. The van der Waals surface area contributed by atoms with Gasteiger partial charge < -0.3 is 49.8 Å². The zero-order valence-electron chi connectivity index (χ0n) is 35.8. The van der Waals surface area contributed by atoms with Gasteiger partial charge in [-0.2, -0.15) is 5.06 Å². The summed E-state index contributed by atoms with van der Waals surface area (Å²) in [5, 5.41) is 31.0. The summed E-state index contributed by atoms with van der Waals surface area (Å²) in [4.78, 5) is 171. The molecule has 3 rings (SSSR count). The van der Waals surface area contributed by atoms with E-state index >= 15 is 0 Å². The highest BCUT2D eigenvalue weighted by molar-refractivity contribution is 6.03. The normalized spacial score (nSPS) is 14.7. The average Bonchev–Trinajstić information content (AvgIpc) is 3.75. The molecule has 0 aromatic heterocycles. The fraction of sp³-hybridized carbons (Fsp3) is 0.611. The molecule has 0 unspecified atom stereocenters. The minimum absolute atomic E-state index is 0.0799. The number of hydrogen-bond donors (Lipinski definition) is 5. The van der Waals surface area contributed by atoms with E-state index in [1.807, 2.05) is 0 Å². The first-order chi connectivity index (χ1) is 29.5. The fourth-order valence-electron chi connectivity index (χ4n) is 4.73. The van der Waals surface area contributed by atoms with E-state index in [1.54, 1.807) is 41.5 Å². The van der Waals surface area contributed by atoms with Crippen LogP contribution in [0.2, 0.25) is 0 Å². The molecule has 3 saturated heterocycles. The van der Waals surface area contributed by atoms with Crippen molar-refractivity contribution in [3.05, 3.63) is 0 Å². The average molecular weight is 918 g/mol. The number of hydroxylamine groups is 6. The first-order valence-corrected chi connectivity index (χ1v) is 19.1. The van der Waals surface area contributed by atoms with Crippen LogP contribution in [-0.2, 0) is 76.7 Å². The lowest BCUT2D eigenvalue weighted by molar-refractivity contribution is -0.201. The summed E-state index contributed by atoms with van der Waals surface area (Å²) >= 11 is 0. The van der Waals surface area contributed by atoms with Gasteiger partial charge in [0.05, 0.1) is 0 Å². The van der Waals surface area contributed by atoms with Gasteiger partial charge in [-0.1, -0.05) is 0 Å². The van der Waals surface area contributed by atoms with Crippen molar-refractivity contribution in [2.45, 2.75) is 104 Å². The Morgan fingerprint density at radius 1 is 0.516 bits per heavy atom. The molecule has 64 heavy (non-hydrogen) atoms. The van der Waals surface area contributed by atoms with E-state index in [-0.39, 0.29) is 79.6 Å². The van der Waals surface area contributed by atoms with E-state index in [0.29, 0.717) is 9.80 Å². The second-order valence-electron chi connectivity index (χ2n) is 15.3. The summed E-state index contributed by atoms with van der Waals surface area (Å²) in [6, 6.07) is 0. The molecule has 0 aliphatic carbocycles. The number of carboxylic acids is 2. The van der Waals surface area contributed by atoms with E-state index in [1.165, 1.54) is 0 Å². The number of carboxylic acid groups (broad SMARTS) is 2. The van der Waals surface area contributed by atoms with Crippen LogP contribution >= 0.6 is 0 Å². The number of carbonyl (C=O) groups excluding carboxylic acids is 12. The zero-order valence-corrected chi connectivity index (χ0v) is 35.8.